The molecule has 1 aliphatic heterocycles. The number of carbonyl (C=O) groups is 1. The molecular weight excluding hydrogens is 266 g/mol. The molecule has 1 aliphatic rings. The summed E-state index contributed by atoms with van der Waals surface area (Å²) in [7, 11) is 3.53. The molecule has 116 valence electrons. The SMILES string of the molecule is COc1cccc(CC(=O)N(C)CC2(C)CCOCC2)c1. The Bertz CT molecular complexity index is 481. The fourth-order valence-corrected chi connectivity index (χ4v) is 2.78. The van der Waals surface area contributed by atoms with Gasteiger partial charge in [0.25, 0.3) is 0 Å². The van der Waals surface area contributed by atoms with Gasteiger partial charge in [0.05, 0.1) is 13.5 Å². The highest BCUT2D eigenvalue weighted by Gasteiger charge is 2.30. The highest BCUT2D eigenvalue weighted by atomic mass is 16.5. The van der Waals surface area contributed by atoms with E-state index in [0.717, 1.165) is 43.9 Å². The van der Waals surface area contributed by atoms with Crippen molar-refractivity contribution in [1.82, 2.24) is 4.90 Å². The molecule has 0 radical (unpaired) electrons. The average Bonchev–Trinajstić information content (AvgIpc) is 2.47. The van der Waals surface area contributed by atoms with Crippen LogP contribution in [0.2, 0.25) is 0 Å². The van der Waals surface area contributed by atoms with Crippen LogP contribution in [0.25, 0.3) is 0 Å². The summed E-state index contributed by atoms with van der Waals surface area (Å²) in [6.07, 6.45) is 2.45. The lowest BCUT2D eigenvalue weighted by Crippen LogP contribution is -2.41. The Morgan fingerprint density at radius 2 is 2.10 bits per heavy atom. The molecule has 0 aromatic heterocycles. The van der Waals surface area contributed by atoms with Gasteiger partial charge in [-0.25, -0.2) is 0 Å². The predicted octanol–water partition coefficient (Wildman–Crippen LogP) is 2.51. The summed E-state index contributed by atoms with van der Waals surface area (Å²) in [6.45, 7) is 4.63. The third-order valence-electron chi connectivity index (χ3n) is 4.23. The van der Waals surface area contributed by atoms with Crippen LogP contribution in [0.5, 0.6) is 5.75 Å². The molecule has 0 N–H and O–H groups in total. The molecule has 0 bridgehead atoms. The van der Waals surface area contributed by atoms with Crippen LogP contribution in [0, 0.1) is 5.41 Å². The van der Waals surface area contributed by atoms with E-state index in [1.54, 1.807) is 7.11 Å². The van der Waals surface area contributed by atoms with Crippen molar-refractivity contribution in [3.63, 3.8) is 0 Å². The van der Waals surface area contributed by atoms with Gasteiger partial charge in [0.1, 0.15) is 5.75 Å². The van der Waals surface area contributed by atoms with Crippen LogP contribution in [-0.2, 0) is 16.0 Å². The topological polar surface area (TPSA) is 38.8 Å². The van der Waals surface area contributed by atoms with Crippen LogP contribution in [0.4, 0.5) is 0 Å². The second-order valence-corrected chi connectivity index (χ2v) is 6.20. The Kier molecular flexibility index (Phi) is 5.23. The van der Waals surface area contributed by atoms with Crippen molar-refractivity contribution in [2.45, 2.75) is 26.2 Å². The van der Waals surface area contributed by atoms with Crippen molar-refractivity contribution in [2.75, 3.05) is 33.9 Å². The number of methoxy groups -OCH3 is 1. The van der Waals surface area contributed by atoms with Crippen molar-refractivity contribution >= 4 is 5.91 Å². The smallest absolute Gasteiger partial charge is 0.226 e. The predicted molar refractivity (Wildman–Crippen MR) is 82.5 cm³/mol. The highest BCUT2D eigenvalue weighted by Crippen LogP contribution is 2.30. The van der Waals surface area contributed by atoms with Gasteiger partial charge in [-0.15, -0.1) is 0 Å². The molecule has 1 aromatic rings. The molecule has 4 nitrogen and oxygen atoms in total. The number of hydrogen-bond acceptors (Lipinski definition) is 3. The summed E-state index contributed by atoms with van der Waals surface area (Å²) in [6, 6.07) is 7.69. The van der Waals surface area contributed by atoms with Gasteiger partial charge >= 0.3 is 0 Å². The van der Waals surface area contributed by atoms with Gasteiger partial charge in [-0.3, -0.25) is 4.79 Å². The van der Waals surface area contributed by atoms with E-state index in [4.69, 9.17) is 9.47 Å². The summed E-state index contributed by atoms with van der Waals surface area (Å²) in [4.78, 5) is 14.2. The van der Waals surface area contributed by atoms with Gasteiger partial charge in [0, 0.05) is 26.8 Å². The second kappa shape index (κ2) is 6.94. The van der Waals surface area contributed by atoms with E-state index in [0.29, 0.717) is 6.42 Å². The van der Waals surface area contributed by atoms with Crippen molar-refractivity contribution in [2.24, 2.45) is 5.41 Å². The van der Waals surface area contributed by atoms with Crippen LogP contribution in [0.1, 0.15) is 25.3 Å². The first-order chi connectivity index (χ1) is 10.0. The summed E-state index contributed by atoms with van der Waals surface area (Å²) in [5, 5.41) is 0. The van der Waals surface area contributed by atoms with Gasteiger partial charge in [-0.2, -0.15) is 0 Å². The minimum Gasteiger partial charge on any atom is -0.497 e. The lowest BCUT2D eigenvalue weighted by Gasteiger charge is -2.36. The maximum Gasteiger partial charge on any atom is 0.226 e. The van der Waals surface area contributed by atoms with Gasteiger partial charge in [0.2, 0.25) is 5.91 Å². The maximum absolute atomic E-state index is 12.4. The molecule has 4 heteroatoms. The monoisotopic (exact) mass is 291 g/mol. The molecule has 0 spiro atoms. The van der Waals surface area contributed by atoms with Crippen molar-refractivity contribution in [3.8, 4) is 5.75 Å². The quantitative estimate of drug-likeness (QED) is 0.836. The van der Waals surface area contributed by atoms with E-state index >= 15 is 0 Å². The third-order valence-corrected chi connectivity index (χ3v) is 4.23. The molecule has 1 amide bonds. The first-order valence-electron chi connectivity index (χ1n) is 7.47. The zero-order valence-electron chi connectivity index (χ0n) is 13.2. The fourth-order valence-electron chi connectivity index (χ4n) is 2.78. The van der Waals surface area contributed by atoms with Crippen LogP contribution < -0.4 is 4.74 Å². The Hall–Kier alpha value is -1.55. The maximum atomic E-state index is 12.4. The standard InChI is InChI=1S/C17H25NO3/c1-17(7-9-21-10-8-17)13-18(2)16(19)12-14-5-4-6-15(11-14)20-3/h4-6,11H,7-10,12-13H2,1-3H3. The molecule has 1 fully saturated rings. The molecular formula is C17H25NO3. The van der Waals surface area contributed by atoms with E-state index in [2.05, 4.69) is 6.92 Å². The molecule has 1 heterocycles. The van der Waals surface area contributed by atoms with Gasteiger partial charge in [-0.05, 0) is 36.0 Å². The van der Waals surface area contributed by atoms with Crippen LogP contribution >= 0.6 is 0 Å². The fraction of sp³-hybridized carbons (Fsp3) is 0.588. The number of benzene rings is 1. The zero-order valence-corrected chi connectivity index (χ0v) is 13.2. The lowest BCUT2D eigenvalue weighted by molar-refractivity contribution is -0.131. The number of carbonyl (C=O) groups excluding carboxylic acids is 1. The highest BCUT2D eigenvalue weighted by molar-refractivity contribution is 5.78. The number of ether oxygens (including phenoxy) is 2. The summed E-state index contributed by atoms with van der Waals surface area (Å²) >= 11 is 0. The zero-order chi connectivity index (χ0) is 15.3. The molecule has 0 atom stereocenters. The molecule has 1 aromatic carbocycles. The second-order valence-electron chi connectivity index (χ2n) is 6.20. The summed E-state index contributed by atoms with van der Waals surface area (Å²) < 4.78 is 10.6. The lowest BCUT2D eigenvalue weighted by atomic mass is 9.82. The number of rotatable bonds is 5. The van der Waals surface area contributed by atoms with Crippen molar-refractivity contribution < 1.29 is 14.3 Å². The van der Waals surface area contributed by atoms with Crippen molar-refractivity contribution in [3.05, 3.63) is 29.8 Å². The largest absolute Gasteiger partial charge is 0.497 e. The number of likely N-dealkylation sites (N-methyl/N-ethyl adjacent to an activating group) is 1. The number of nitrogens with zero attached hydrogens (tertiary/aromatic N) is 1. The van der Waals surface area contributed by atoms with Gasteiger partial charge < -0.3 is 14.4 Å². The average molecular weight is 291 g/mol. The minimum absolute atomic E-state index is 0.149. The minimum atomic E-state index is 0.149. The summed E-state index contributed by atoms with van der Waals surface area (Å²) in [5.74, 6) is 0.940. The van der Waals surface area contributed by atoms with Crippen LogP contribution in [0.15, 0.2) is 24.3 Å². The Morgan fingerprint density at radius 1 is 1.38 bits per heavy atom. The molecule has 0 aliphatic carbocycles. The normalized spacial score (nSPS) is 17.3. The molecule has 1 saturated heterocycles. The van der Waals surface area contributed by atoms with Crippen LogP contribution in [-0.4, -0.2) is 44.7 Å². The van der Waals surface area contributed by atoms with E-state index in [1.165, 1.54) is 0 Å². The first kappa shape index (κ1) is 15.8. The van der Waals surface area contributed by atoms with Gasteiger partial charge in [0.15, 0.2) is 0 Å². The first-order valence-corrected chi connectivity index (χ1v) is 7.47. The molecule has 2 rings (SSSR count). The van der Waals surface area contributed by atoms with Crippen molar-refractivity contribution in [1.29, 1.82) is 0 Å². The van der Waals surface area contributed by atoms with E-state index < -0.39 is 0 Å². The van der Waals surface area contributed by atoms with E-state index in [9.17, 15) is 4.79 Å². The Labute approximate surface area is 127 Å². The molecule has 0 saturated carbocycles. The summed E-state index contributed by atoms with van der Waals surface area (Å²) in [5.41, 5.74) is 1.17. The third kappa shape index (κ3) is 4.46. The Balaban J connectivity index is 1.92. The van der Waals surface area contributed by atoms with Gasteiger partial charge in [-0.1, -0.05) is 19.1 Å². The van der Waals surface area contributed by atoms with E-state index in [1.807, 2.05) is 36.2 Å². The molecule has 0 unspecified atom stereocenters. The van der Waals surface area contributed by atoms with E-state index in [-0.39, 0.29) is 11.3 Å². The molecule has 21 heavy (non-hydrogen) atoms. The van der Waals surface area contributed by atoms with Crippen LogP contribution in [0.3, 0.4) is 0 Å². The number of amides is 1. The Morgan fingerprint density at radius 3 is 2.76 bits per heavy atom. The number of hydrogen-bond donors (Lipinski definition) is 0.